The third-order valence-corrected chi connectivity index (χ3v) is 2.30. The summed E-state index contributed by atoms with van der Waals surface area (Å²) in [6.07, 6.45) is 2.70. The molecule has 2 rings (SSSR count). The van der Waals surface area contributed by atoms with Crippen molar-refractivity contribution in [3.05, 3.63) is 47.6 Å². The summed E-state index contributed by atoms with van der Waals surface area (Å²) in [7, 11) is 0. The lowest BCUT2D eigenvalue weighted by Gasteiger charge is -2.00. The molecule has 0 aromatic carbocycles. The predicted molar refractivity (Wildman–Crippen MR) is 60.7 cm³/mol. The van der Waals surface area contributed by atoms with Crippen LogP contribution in [0.1, 0.15) is 24.1 Å². The first-order valence-corrected chi connectivity index (χ1v) is 5.43. The van der Waals surface area contributed by atoms with Crippen LogP contribution >= 0.6 is 0 Å². The highest BCUT2D eigenvalue weighted by Gasteiger charge is 2.01. The fourth-order valence-corrected chi connectivity index (χ4v) is 1.42. The van der Waals surface area contributed by atoms with Crippen molar-refractivity contribution in [1.82, 2.24) is 15.5 Å². The van der Waals surface area contributed by atoms with Gasteiger partial charge in [-0.1, -0.05) is 18.1 Å². The summed E-state index contributed by atoms with van der Waals surface area (Å²) in [5, 5.41) is 7.19. The van der Waals surface area contributed by atoms with E-state index in [0.717, 1.165) is 30.1 Å². The van der Waals surface area contributed by atoms with Gasteiger partial charge < -0.3 is 9.84 Å². The Bertz CT molecular complexity index is 425. The van der Waals surface area contributed by atoms with Crippen LogP contribution in [0.2, 0.25) is 0 Å². The van der Waals surface area contributed by atoms with Crippen molar-refractivity contribution in [1.29, 1.82) is 0 Å². The van der Waals surface area contributed by atoms with Gasteiger partial charge in [0.25, 0.3) is 0 Å². The third-order valence-electron chi connectivity index (χ3n) is 2.30. The van der Waals surface area contributed by atoms with Gasteiger partial charge >= 0.3 is 0 Å². The van der Waals surface area contributed by atoms with E-state index in [-0.39, 0.29) is 0 Å². The molecule has 2 aromatic heterocycles. The summed E-state index contributed by atoms with van der Waals surface area (Å²) in [6.45, 7) is 3.48. The first-order chi connectivity index (χ1) is 7.88. The van der Waals surface area contributed by atoms with E-state index >= 15 is 0 Å². The second-order valence-corrected chi connectivity index (χ2v) is 3.56. The minimum atomic E-state index is 0.684. The lowest BCUT2D eigenvalue weighted by Crippen LogP contribution is -2.12. The van der Waals surface area contributed by atoms with Crippen LogP contribution in [-0.2, 0) is 19.5 Å². The van der Waals surface area contributed by atoms with Gasteiger partial charge in [-0.2, -0.15) is 0 Å². The molecule has 0 spiro atoms. The van der Waals surface area contributed by atoms with Crippen LogP contribution in [-0.4, -0.2) is 10.1 Å². The van der Waals surface area contributed by atoms with E-state index in [1.54, 1.807) is 6.20 Å². The van der Waals surface area contributed by atoms with Crippen molar-refractivity contribution in [3.8, 4) is 0 Å². The van der Waals surface area contributed by atoms with Crippen molar-refractivity contribution in [2.75, 3.05) is 0 Å². The molecule has 0 saturated heterocycles. The van der Waals surface area contributed by atoms with Gasteiger partial charge in [-0.25, -0.2) is 0 Å². The Morgan fingerprint density at radius 3 is 2.88 bits per heavy atom. The smallest absolute Gasteiger partial charge is 0.150 e. The van der Waals surface area contributed by atoms with Crippen LogP contribution in [0.5, 0.6) is 0 Å². The summed E-state index contributed by atoms with van der Waals surface area (Å²) < 4.78 is 5.16. The minimum absolute atomic E-state index is 0.684. The standard InChI is InChI=1S/C12H15N3O/c1-2-10-7-12(16-15-10)9-13-8-11-5-3-4-6-14-11/h3-7,13H,2,8-9H2,1H3. The summed E-state index contributed by atoms with van der Waals surface area (Å²) in [5.74, 6) is 0.868. The van der Waals surface area contributed by atoms with Gasteiger partial charge in [0.2, 0.25) is 0 Å². The number of pyridine rings is 1. The molecular formula is C12H15N3O. The van der Waals surface area contributed by atoms with Gasteiger partial charge in [-0.3, -0.25) is 4.98 Å². The zero-order valence-corrected chi connectivity index (χ0v) is 9.31. The Labute approximate surface area is 94.7 Å². The van der Waals surface area contributed by atoms with E-state index in [0.29, 0.717) is 6.54 Å². The molecule has 0 bridgehead atoms. The maximum absolute atomic E-state index is 5.16. The largest absolute Gasteiger partial charge is 0.360 e. The zero-order valence-electron chi connectivity index (χ0n) is 9.31. The summed E-state index contributed by atoms with van der Waals surface area (Å²) in [5.41, 5.74) is 2.02. The van der Waals surface area contributed by atoms with Crippen LogP contribution < -0.4 is 5.32 Å². The minimum Gasteiger partial charge on any atom is -0.360 e. The Balaban J connectivity index is 1.80. The number of aryl methyl sites for hydroxylation is 1. The highest BCUT2D eigenvalue weighted by Crippen LogP contribution is 2.03. The van der Waals surface area contributed by atoms with Crippen LogP contribution in [0, 0.1) is 0 Å². The summed E-state index contributed by atoms with van der Waals surface area (Å²) in [6, 6.07) is 7.86. The highest BCUT2D eigenvalue weighted by atomic mass is 16.5. The fraction of sp³-hybridized carbons (Fsp3) is 0.333. The molecule has 16 heavy (non-hydrogen) atoms. The van der Waals surface area contributed by atoms with Gasteiger partial charge in [-0.15, -0.1) is 0 Å². The molecular weight excluding hydrogens is 202 g/mol. The number of nitrogens with one attached hydrogen (secondary N) is 1. The van der Waals surface area contributed by atoms with Crippen LogP contribution in [0.3, 0.4) is 0 Å². The Morgan fingerprint density at radius 1 is 1.25 bits per heavy atom. The quantitative estimate of drug-likeness (QED) is 0.831. The Kier molecular flexibility index (Phi) is 3.66. The van der Waals surface area contributed by atoms with Crippen molar-refractivity contribution in [3.63, 3.8) is 0 Å². The summed E-state index contributed by atoms with van der Waals surface area (Å²) >= 11 is 0. The van der Waals surface area contributed by atoms with Gasteiger partial charge in [0.1, 0.15) is 0 Å². The highest BCUT2D eigenvalue weighted by molar-refractivity contribution is 5.06. The molecule has 0 fully saturated rings. The zero-order chi connectivity index (χ0) is 11.2. The van der Waals surface area contributed by atoms with Crippen molar-refractivity contribution in [2.24, 2.45) is 0 Å². The summed E-state index contributed by atoms with van der Waals surface area (Å²) in [4.78, 5) is 4.22. The monoisotopic (exact) mass is 217 g/mol. The topological polar surface area (TPSA) is 51.0 Å². The number of nitrogens with zero attached hydrogens (tertiary/aromatic N) is 2. The number of rotatable bonds is 5. The fourth-order valence-electron chi connectivity index (χ4n) is 1.42. The van der Waals surface area contributed by atoms with Crippen molar-refractivity contribution in [2.45, 2.75) is 26.4 Å². The molecule has 0 radical (unpaired) electrons. The molecule has 0 unspecified atom stereocenters. The number of hydrogen-bond acceptors (Lipinski definition) is 4. The van der Waals surface area contributed by atoms with E-state index in [9.17, 15) is 0 Å². The normalized spacial score (nSPS) is 10.6. The Morgan fingerprint density at radius 2 is 2.19 bits per heavy atom. The van der Waals surface area contributed by atoms with Crippen LogP contribution in [0.25, 0.3) is 0 Å². The average Bonchev–Trinajstić information content (AvgIpc) is 2.78. The number of hydrogen-bond donors (Lipinski definition) is 1. The van der Waals surface area contributed by atoms with Crippen LogP contribution in [0.15, 0.2) is 35.0 Å². The molecule has 4 heteroatoms. The van der Waals surface area contributed by atoms with E-state index in [1.807, 2.05) is 24.3 Å². The first-order valence-electron chi connectivity index (χ1n) is 5.43. The van der Waals surface area contributed by atoms with Crippen LogP contribution in [0.4, 0.5) is 0 Å². The van der Waals surface area contributed by atoms with E-state index in [1.165, 1.54) is 0 Å². The molecule has 0 aliphatic heterocycles. The lowest BCUT2D eigenvalue weighted by atomic mass is 10.3. The average molecular weight is 217 g/mol. The molecule has 0 amide bonds. The number of aromatic nitrogens is 2. The molecule has 0 atom stereocenters. The molecule has 2 heterocycles. The lowest BCUT2D eigenvalue weighted by molar-refractivity contribution is 0.367. The van der Waals surface area contributed by atoms with Crippen molar-refractivity contribution >= 4 is 0 Å². The third kappa shape index (κ3) is 2.90. The molecule has 0 aliphatic carbocycles. The predicted octanol–water partition coefficient (Wildman–Crippen LogP) is 1.92. The second-order valence-electron chi connectivity index (χ2n) is 3.56. The molecule has 4 nitrogen and oxygen atoms in total. The van der Waals surface area contributed by atoms with Gasteiger partial charge in [-0.05, 0) is 18.6 Å². The Hall–Kier alpha value is -1.68. The van der Waals surface area contributed by atoms with E-state index in [2.05, 4.69) is 22.4 Å². The molecule has 84 valence electrons. The SMILES string of the molecule is CCc1cc(CNCc2ccccn2)on1. The molecule has 0 aliphatic rings. The van der Waals surface area contributed by atoms with Gasteiger partial charge in [0, 0.05) is 18.8 Å². The molecule has 0 saturated carbocycles. The second kappa shape index (κ2) is 5.42. The van der Waals surface area contributed by atoms with Gasteiger partial charge in [0.05, 0.1) is 17.9 Å². The molecule has 2 aromatic rings. The van der Waals surface area contributed by atoms with E-state index in [4.69, 9.17) is 4.52 Å². The van der Waals surface area contributed by atoms with E-state index < -0.39 is 0 Å². The van der Waals surface area contributed by atoms with Gasteiger partial charge in [0.15, 0.2) is 5.76 Å². The first kappa shape index (κ1) is 10.8. The van der Waals surface area contributed by atoms with Crippen molar-refractivity contribution < 1.29 is 4.52 Å². The maximum Gasteiger partial charge on any atom is 0.150 e. The maximum atomic E-state index is 5.16. The molecule has 1 N–H and O–H groups in total.